The highest BCUT2D eigenvalue weighted by Gasteiger charge is 2.23. The zero-order valence-corrected chi connectivity index (χ0v) is 16.9. The van der Waals surface area contributed by atoms with Crippen LogP contribution in [0.3, 0.4) is 0 Å². The molecule has 0 aliphatic carbocycles. The molecule has 1 saturated heterocycles. The van der Waals surface area contributed by atoms with Crippen molar-refractivity contribution in [2.75, 3.05) is 19.3 Å². The van der Waals surface area contributed by atoms with E-state index in [4.69, 9.17) is 0 Å². The molecule has 1 aliphatic rings. The Kier molecular flexibility index (Phi) is 5.53. The van der Waals surface area contributed by atoms with Crippen LogP contribution in [-0.4, -0.2) is 49.2 Å². The summed E-state index contributed by atoms with van der Waals surface area (Å²) in [6.45, 7) is 9.86. The fourth-order valence-electron chi connectivity index (χ4n) is 3.38. The maximum Gasteiger partial charge on any atom is 0.190 e. The van der Waals surface area contributed by atoms with E-state index < -0.39 is 0 Å². The van der Waals surface area contributed by atoms with Crippen LogP contribution in [0.5, 0.6) is 0 Å². The van der Waals surface area contributed by atoms with Crippen LogP contribution in [0.15, 0.2) is 11.2 Å². The first-order valence-electron chi connectivity index (χ1n) is 9.06. The van der Waals surface area contributed by atoms with E-state index in [0.29, 0.717) is 5.92 Å². The standard InChI is InChI=1S/C18H30N6S/c1-18(2,3)15-11-14(19-20-15)12-24-8-6-13(7-9-24)10-16-21-22-17(25-5)23(16)4/h11,13H,6-10,12H2,1-5H3,(H,19,20). The largest absolute Gasteiger partial charge is 0.309 e. The topological polar surface area (TPSA) is 62.6 Å². The van der Waals surface area contributed by atoms with Gasteiger partial charge in [-0.2, -0.15) is 5.10 Å². The molecule has 2 aromatic rings. The van der Waals surface area contributed by atoms with Gasteiger partial charge in [-0.1, -0.05) is 32.5 Å². The third kappa shape index (κ3) is 4.44. The van der Waals surface area contributed by atoms with Gasteiger partial charge in [0.1, 0.15) is 5.82 Å². The number of H-pyrrole nitrogens is 1. The number of rotatable bonds is 5. The van der Waals surface area contributed by atoms with E-state index in [0.717, 1.165) is 42.7 Å². The van der Waals surface area contributed by atoms with E-state index >= 15 is 0 Å². The minimum Gasteiger partial charge on any atom is -0.309 e. The number of aromatic amines is 1. The Morgan fingerprint density at radius 2 is 1.96 bits per heavy atom. The average molecular weight is 363 g/mol. The molecule has 7 heteroatoms. The first kappa shape index (κ1) is 18.5. The quantitative estimate of drug-likeness (QED) is 0.829. The number of aromatic nitrogens is 5. The van der Waals surface area contributed by atoms with Gasteiger partial charge in [0.25, 0.3) is 0 Å². The van der Waals surface area contributed by atoms with Crippen molar-refractivity contribution in [2.24, 2.45) is 13.0 Å². The van der Waals surface area contributed by atoms with Gasteiger partial charge < -0.3 is 4.57 Å². The summed E-state index contributed by atoms with van der Waals surface area (Å²) in [5.41, 5.74) is 2.47. The number of hydrogen-bond acceptors (Lipinski definition) is 5. The second kappa shape index (κ2) is 7.50. The lowest BCUT2D eigenvalue weighted by molar-refractivity contribution is 0.173. The summed E-state index contributed by atoms with van der Waals surface area (Å²) in [5.74, 6) is 1.83. The van der Waals surface area contributed by atoms with E-state index in [1.165, 1.54) is 18.5 Å². The lowest BCUT2D eigenvalue weighted by atomic mass is 9.92. The Hall–Kier alpha value is -1.34. The smallest absolute Gasteiger partial charge is 0.190 e. The minimum atomic E-state index is 0.105. The van der Waals surface area contributed by atoms with Crippen LogP contribution < -0.4 is 0 Å². The van der Waals surface area contributed by atoms with Crippen molar-refractivity contribution in [3.05, 3.63) is 23.3 Å². The summed E-state index contributed by atoms with van der Waals surface area (Å²) < 4.78 is 2.13. The highest BCUT2D eigenvalue weighted by atomic mass is 32.2. The van der Waals surface area contributed by atoms with Gasteiger partial charge >= 0.3 is 0 Å². The molecule has 6 nitrogen and oxygen atoms in total. The number of likely N-dealkylation sites (tertiary alicyclic amines) is 1. The number of hydrogen-bond donors (Lipinski definition) is 1. The maximum atomic E-state index is 4.47. The van der Waals surface area contributed by atoms with Crippen molar-refractivity contribution in [3.8, 4) is 0 Å². The Bertz CT molecular complexity index is 691. The predicted octanol–water partition coefficient (Wildman–Crippen LogP) is 3.01. The van der Waals surface area contributed by atoms with Crippen molar-refractivity contribution >= 4 is 11.8 Å². The zero-order chi connectivity index (χ0) is 18.0. The zero-order valence-electron chi connectivity index (χ0n) is 16.0. The van der Waals surface area contributed by atoms with Gasteiger partial charge in [0.15, 0.2) is 5.16 Å². The molecule has 2 aromatic heterocycles. The van der Waals surface area contributed by atoms with Crippen LogP contribution in [-0.2, 0) is 25.4 Å². The van der Waals surface area contributed by atoms with Gasteiger partial charge in [-0.3, -0.25) is 10.00 Å². The van der Waals surface area contributed by atoms with Gasteiger partial charge in [-0.15, -0.1) is 10.2 Å². The highest BCUT2D eigenvalue weighted by molar-refractivity contribution is 7.98. The molecule has 138 valence electrons. The number of piperidine rings is 1. The van der Waals surface area contributed by atoms with Crippen LogP contribution in [0.4, 0.5) is 0 Å². The summed E-state index contributed by atoms with van der Waals surface area (Å²) >= 11 is 1.66. The fourth-order valence-corrected chi connectivity index (χ4v) is 3.88. The van der Waals surface area contributed by atoms with Gasteiger partial charge in [0, 0.05) is 31.1 Å². The summed E-state index contributed by atoms with van der Waals surface area (Å²) in [6, 6.07) is 2.22. The molecule has 0 spiro atoms. The lowest BCUT2D eigenvalue weighted by Gasteiger charge is -2.31. The predicted molar refractivity (Wildman–Crippen MR) is 102 cm³/mol. The molecule has 0 radical (unpaired) electrons. The van der Waals surface area contributed by atoms with Crippen molar-refractivity contribution in [1.29, 1.82) is 0 Å². The Morgan fingerprint density at radius 3 is 2.52 bits per heavy atom. The molecule has 0 amide bonds. The van der Waals surface area contributed by atoms with Crippen molar-refractivity contribution in [2.45, 2.75) is 57.1 Å². The van der Waals surface area contributed by atoms with Gasteiger partial charge in [0.05, 0.1) is 5.69 Å². The molecule has 25 heavy (non-hydrogen) atoms. The molecule has 3 heterocycles. The van der Waals surface area contributed by atoms with Crippen molar-refractivity contribution < 1.29 is 0 Å². The first-order chi connectivity index (χ1) is 11.9. The third-order valence-electron chi connectivity index (χ3n) is 5.08. The second-order valence-corrected chi connectivity index (χ2v) is 8.89. The third-order valence-corrected chi connectivity index (χ3v) is 5.80. The normalized spacial score (nSPS) is 17.3. The summed E-state index contributed by atoms with van der Waals surface area (Å²) in [6.07, 6.45) is 5.53. The molecule has 0 saturated carbocycles. The molecule has 1 N–H and O–H groups in total. The van der Waals surface area contributed by atoms with Gasteiger partial charge in [-0.05, 0) is 44.2 Å². The van der Waals surface area contributed by atoms with E-state index in [9.17, 15) is 0 Å². The van der Waals surface area contributed by atoms with Crippen molar-refractivity contribution in [3.63, 3.8) is 0 Å². The molecule has 3 rings (SSSR count). The number of nitrogens with one attached hydrogen (secondary N) is 1. The molecule has 1 fully saturated rings. The molecule has 0 atom stereocenters. The van der Waals surface area contributed by atoms with Crippen LogP contribution in [0, 0.1) is 5.92 Å². The van der Waals surface area contributed by atoms with E-state index in [1.54, 1.807) is 11.8 Å². The summed E-state index contributed by atoms with van der Waals surface area (Å²) in [5, 5.41) is 17.3. The van der Waals surface area contributed by atoms with Gasteiger partial charge in [0.2, 0.25) is 0 Å². The summed E-state index contributed by atoms with van der Waals surface area (Å²) in [4.78, 5) is 2.53. The maximum absolute atomic E-state index is 4.47. The Labute approximate surface area is 154 Å². The fraction of sp³-hybridized carbons (Fsp3) is 0.722. The molecular weight excluding hydrogens is 332 g/mol. The van der Waals surface area contributed by atoms with E-state index in [1.807, 2.05) is 6.26 Å². The Balaban J connectivity index is 1.50. The van der Waals surface area contributed by atoms with E-state index in [-0.39, 0.29) is 5.41 Å². The van der Waals surface area contributed by atoms with E-state index in [2.05, 4.69) is 63.7 Å². The first-order valence-corrected chi connectivity index (χ1v) is 10.3. The monoisotopic (exact) mass is 362 g/mol. The van der Waals surface area contributed by atoms with Crippen LogP contribution in [0.25, 0.3) is 0 Å². The summed E-state index contributed by atoms with van der Waals surface area (Å²) in [7, 11) is 2.07. The molecule has 0 unspecified atom stereocenters. The molecule has 1 aliphatic heterocycles. The van der Waals surface area contributed by atoms with Crippen LogP contribution in [0.1, 0.15) is 50.8 Å². The number of nitrogens with zero attached hydrogens (tertiary/aromatic N) is 5. The average Bonchev–Trinajstić information content (AvgIpc) is 3.17. The minimum absolute atomic E-state index is 0.105. The SMILES string of the molecule is CSc1nnc(CC2CCN(Cc3cc(C(C)(C)C)n[nH]3)CC2)n1C. The molecular formula is C18H30N6S. The lowest BCUT2D eigenvalue weighted by Crippen LogP contribution is -2.34. The number of thioether (sulfide) groups is 1. The Morgan fingerprint density at radius 1 is 1.24 bits per heavy atom. The highest BCUT2D eigenvalue weighted by Crippen LogP contribution is 2.24. The molecule has 0 bridgehead atoms. The van der Waals surface area contributed by atoms with Crippen LogP contribution in [0.2, 0.25) is 0 Å². The van der Waals surface area contributed by atoms with Crippen LogP contribution >= 0.6 is 11.8 Å². The second-order valence-electron chi connectivity index (χ2n) is 8.11. The van der Waals surface area contributed by atoms with Gasteiger partial charge in [-0.25, -0.2) is 0 Å². The van der Waals surface area contributed by atoms with Crippen molar-refractivity contribution in [1.82, 2.24) is 29.9 Å². The molecule has 0 aromatic carbocycles.